The van der Waals surface area contributed by atoms with Crippen molar-refractivity contribution in [2.24, 2.45) is 5.92 Å². The third kappa shape index (κ3) is 4.66. The van der Waals surface area contributed by atoms with Gasteiger partial charge in [0.15, 0.2) is 5.82 Å². The number of aryl methyl sites for hydroxylation is 1. The minimum atomic E-state index is -0.317. The minimum Gasteiger partial charge on any atom is -0.496 e. The summed E-state index contributed by atoms with van der Waals surface area (Å²) >= 11 is 0. The predicted molar refractivity (Wildman–Crippen MR) is 119 cm³/mol. The van der Waals surface area contributed by atoms with Crippen molar-refractivity contribution in [1.29, 1.82) is 0 Å². The molecule has 1 aliphatic rings. The zero-order valence-corrected chi connectivity index (χ0v) is 17.6. The summed E-state index contributed by atoms with van der Waals surface area (Å²) in [6, 6.07) is 16.3. The first-order valence-corrected chi connectivity index (χ1v) is 10.3. The molecule has 160 valence electrons. The van der Waals surface area contributed by atoms with Crippen molar-refractivity contribution >= 4 is 17.4 Å². The maximum atomic E-state index is 13.7. The number of para-hydroxylation sites is 1. The summed E-state index contributed by atoms with van der Waals surface area (Å²) in [6.45, 7) is 3.12. The summed E-state index contributed by atoms with van der Waals surface area (Å²) in [6.07, 6.45) is 1.41. The first-order valence-electron chi connectivity index (χ1n) is 10.3. The highest BCUT2D eigenvalue weighted by Gasteiger charge is 2.26. The van der Waals surface area contributed by atoms with Crippen LogP contribution in [0.2, 0.25) is 0 Å². The van der Waals surface area contributed by atoms with Crippen molar-refractivity contribution in [2.75, 3.05) is 30.4 Å². The Morgan fingerprint density at radius 2 is 1.87 bits per heavy atom. The molecule has 0 spiro atoms. The van der Waals surface area contributed by atoms with Crippen LogP contribution < -0.4 is 15.0 Å². The molecule has 2 aromatic carbocycles. The monoisotopic (exact) mass is 420 g/mol. The van der Waals surface area contributed by atoms with E-state index in [-0.39, 0.29) is 17.6 Å². The Balaban J connectivity index is 1.36. The number of hydrogen-bond acceptors (Lipinski definition) is 5. The zero-order chi connectivity index (χ0) is 21.8. The van der Waals surface area contributed by atoms with E-state index in [9.17, 15) is 9.18 Å². The number of carbonyl (C=O) groups excluding carboxylic acids is 1. The van der Waals surface area contributed by atoms with Gasteiger partial charge in [0.05, 0.1) is 12.8 Å². The van der Waals surface area contributed by atoms with E-state index in [1.165, 1.54) is 6.07 Å². The number of rotatable bonds is 5. The summed E-state index contributed by atoms with van der Waals surface area (Å²) in [7, 11) is 1.64. The molecule has 1 amide bonds. The van der Waals surface area contributed by atoms with E-state index in [2.05, 4.69) is 20.4 Å². The van der Waals surface area contributed by atoms with Crippen LogP contribution in [0.5, 0.6) is 5.75 Å². The van der Waals surface area contributed by atoms with Crippen molar-refractivity contribution in [3.8, 4) is 17.0 Å². The molecule has 2 heterocycles. The smallest absolute Gasteiger partial charge is 0.227 e. The summed E-state index contributed by atoms with van der Waals surface area (Å²) in [5.74, 6) is 1.05. The van der Waals surface area contributed by atoms with Gasteiger partial charge in [0.2, 0.25) is 5.91 Å². The minimum absolute atomic E-state index is 0.0690. The van der Waals surface area contributed by atoms with E-state index in [0.717, 1.165) is 22.8 Å². The summed E-state index contributed by atoms with van der Waals surface area (Å²) < 4.78 is 19.1. The molecule has 0 radical (unpaired) electrons. The highest BCUT2D eigenvalue weighted by molar-refractivity contribution is 5.92. The van der Waals surface area contributed by atoms with E-state index in [1.807, 2.05) is 36.4 Å². The van der Waals surface area contributed by atoms with Crippen LogP contribution in [-0.2, 0) is 4.79 Å². The number of anilines is 2. The molecule has 0 bridgehead atoms. The Morgan fingerprint density at radius 1 is 1.10 bits per heavy atom. The second-order valence-electron chi connectivity index (χ2n) is 7.69. The second kappa shape index (κ2) is 9.12. The van der Waals surface area contributed by atoms with E-state index >= 15 is 0 Å². The molecule has 6 nitrogen and oxygen atoms in total. The topological polar surface area (TPSA) is 67.3 Å². The van der Waals surface area contributed by atoms with Gasteiger partial charge in [0.1, 0.15) is 11.6 Å². The van der Waals surface area contributed by atoms with Crippen molar-refractivity contribution in [3.63, 3.8) is 0 Å². The fourth-order valence-electron chi connectivity index (χ4n) is 3.78. The van der Waals surface area contributed by atoms with Crippen LogP contribution in [0.4, 0.5) is 15.9 Å². The van der Waals surface area contributed by atoms with Crippen LogP contribution in [0.3, 0.4) is 0 Å². The Kier molecular flexibility index (Phi) is 6.11. The normalized spacial score (nSPS) is 14.4. The van der Waals surface area contributed by atoms with E-state index in [1.54, 1.807) is 26.2 Å². The average molecular weight is 420 g/mol. The van der Waals surface area contributed by atoms with Gasteiger partial charge in [0.25, 0.3) is 0 Å². The van der Waals surface area contributed by atoms with Gasteiger partial charge in [-0.2, -0.15) is 0 Å². The van der Waals surface area contributed by atoms with Gasteiger partial charge in [-0.25, -0.2) is 4.39 Å². The number of nitrogens with zero attached hydrogens (tertiary/aromatic N) is 3. The van der Waals surface area contributed by atoms with Crippen LogP contribution >= 0.6 is 0 Å². The van der Waals surface area contributed by atoms with Gasteiger partial charge in [0, 0.05) is 30.3 Å². The highest BCUT2D eigenvalue weighted by Crippen LogP contribution is 2.29. The lowest BCUT2D eigenvalue weighted by Gasteiger charge is -2.31. The fourth-order valence-corrected chi connectivity index (χ4v) is 3.78. The first kappa shape index (κ1) is 20.8. The molecule has 4 rings (SSSR count). The van der Waals surface area contributed by atoms with E-state index < -0.39 is 0 Å². The number of carbonyl (C=O) groups is 1. The quantitative estimate of drug-likeness (QED) is 0.660. The predicted octanol–water partition coefficient (Wildman–Crippen LogP) is 4.45. The lowest BCUT2D eigenvalue weighted by molar-refractivity contribution is -0.120. The lowest BCUT2D eigenvalue weighted by atomic mass is 9.95. The van der Waals surface area contributed by atoms with Crippen LogP contribution in [0, 0.1) is 18.7 Å². The Morgan fingerprint density at radius 3 is 2.55 bits per heavy atom. The van der Waals surface area contributed by atoms with E-state index in [0.29, 0.717) is 37.2 Å². The number of halogens is 1. The molecular formula is C24H25FN4O2. The van der Waals surface area contributed by atoms with Gasteiger partial charge in [-0.3, -0.25) is 4.79 Å². The molecule has 1 fully saturated rings. The Bertz CT molecular complexity index is 1060. The number of nitrogens with one attached hydrogen (secondary N) is 1. The standard InChI is InChI=1S/C24H25FN4O2/c1-16-7-8-18(15-20(16)25)26-24(30)17-11-13-29(14-12-17)23-10-9-21(27-28-23)19-5-3-4-6-22(19)31-2/h3-10,15,17H,11-14H2,1-2H3,(H,26,30). The third-order valence-electron chi connectivity index (χ3n) is 5.66. The van der Waals surface area contributed by atoms with E-state index in [4.69, 9.17) is 4.74 Å². The van der Waals surface area contributed by atoms with Crippen molar-refractivity contribution < 1.29 is 13.9 Å². The number of aromatic nitrogens is 2. The molecule has 3 aromatic rings. The lowest BCUT2D eigenvalue weighted by Crippen LogP contribution is -2.38. The number of piperidine rings is 1. The number of amides is 1. The highest BCUT2D eigenvalue weighted by atomic mass is 19.1. The molecule has 1 aromatic heterocycles. The molecule has 0 aliphatic carbocycles. The maximum absolute atomic E-state index is 13.7. The summed E-state index contributed by atoms with van der Waals surface area (Å²) in [5, 5.41) is 11.6. The van der Waals surface area contributed by atoms with Crippen LogP contribution in [0.25, 0.3) is 11.3 Å². The Labute approximate surface area is 181 Å². The van der Waals surface area contributed by atoms with Crippen molar-refractivity contribution in [1.82, 2.24) is 10.2 Å². The molecule has 7 heteroatoms. The number of methoxy groups -OCH3 is 1. The molecular weight excluding hydrogens is 395 g/mol. The summed E-state index contributed by atoms with van der Waals surface area (Å²) in [5.41, 5.74) is 2.70. The van der Waals surface area contributed by atoms with Gasteiger partial charge < -0.3 is 15.0 Å². The third-order valence-corrected chi connectivity index (χ3v) is 5.66. The molecule has 0 saturated carbocycles. The van der Waals surface area contributed by atoms with Gasteiger partial charge in [-0.1, -0.05) is 18.2 Å². The van der Waals surface area contributed by atoms with Crippen LogP contribution in [0.15, 0.2) is 54.6 Å². The van der Waals surface area contributed by atoms with Gasteiger partial charge in [-0.15, -0.1) is 10.2 Å². The zero-order valence-electron chi connectivity index (χ0n) is 17.6. The Hall–Kier alpha value is -3.48. The largest absolute Gasteiger partial charge is 0.496 e. The van der Waals surface area contributed by atoms with Gasteiger partial charge >= 0.3 is 0 Å². The number of hydrogen-bond donors (Lipinski definition) is 1. The summed E-state index contributed by atoms with van der Waals surface area (Å²) in [4.78, 5) is 14.7. The van der Waals surface area contributed by atoms with Crippen LogP contribution in [0.1, 0.15) is 18.4 Å². The molecule has 1 saturated heterocycles. The number of benzene rings is 2. The molecule has 0 unspecified atom stereocenters. The molecule has 0 atom stereocenters. The fraction of sp³-hybridized carbons (Fsp3) is 0.292. The van der Waals surface area contributed by atoms with Crippen LogP contribution in [-0.4, -0.2) is 36.3 Å². The molecule has 31 heavy (non-hydrogen) atoms. The SMILES string of the molecule is COc1ccccc1-c1ccc(N2CCC(C(=O)Nc3ccc(C)c(F)c3)CC2)nn1. The van der Waals surface area contributed by atoms with Crippen molar-refractivity contribution in [2.45, 2.75) is 19.8 Å². The average Bonchev–Trinajstić information content (AvgIpc) is 2.81. The van der Waals surface area contributed by atoms with Crippen molar-refractivity contribution in [3.05, 3.63) is 66.0 Å². The van der Waals surface area contributed by atoms with Gasteiger partial charge in [-0.05, 0) is 61.7 Å². The number of ether oxygens (including phenoxy) is 1. The first-order chi connectivity index (χ1) is 15.0. The molecule has 1 N–H and O–H groups in total. The maximum Gasteiger partial charge on any atom is 0.227 e. The second-order valence-corrected chi connectivity index (χ2v) is 7.69. The molecule has 1 aliphatic heterocycles.